The predicted octanol–water partition coefficient (Wildman–Crippen LogP) is 1.73. The first-order valence-corrected chi connectivity index (χ1v) is 2.93. The van der Waals surface area contributed by atoms with E-state index in [4.69, 9.17) is 12.2 Å². The van der Waals surface area contributed by atoms with E-state index in [0.29, 0.717) is 0 Å². The van der Waals surface area contributed by atoms with Crippen molar-refractivity contribution in [3.63, 3.8) is 0 Å². The summed E-state index contributed by atoms with van der Waals surface area (Å²) in [4.78, 5) is 0. The lowest BCUT2D eigenvalue weighted by Gasteiger charge is -1.92. The number of hydrogen-bond acceptors (Lipinski definition) is 1. The zero-order chi connectivity index (χ0) is 7.98. The summed E-state index contributed by atoms with van der Waals surface area (Å²) in [6, 6.07) is 0. The van der Waals surface area contributed by atoms with Gasteiger partial charge in [-0.2, -0.15) is 0 Å². The molecule has 54 valence electrons. The quantitative estimate of drug-likeness (QED) is 0.457. The van der Waals surface area contributed by atoms with E-state index >= 15 is 0 Å². The smallest absolute Gasteiger partial charge is 0.142 e. The molecule has 10 heavy (non-hydrogen) atoms. The Morgan fingerprint density at radius 1 is 1.80 bits per heavy atom. The number of allylic oxidation sites excluding steroid dienone is 3. The lowest BCUT2D eigenvalue weighted by molar-refractivity contribution is 0.644. The van der Waals surface area contributed by atoms with Crippen molar-refractivity contribution < 1.29 is 4.39 Å². The van der Waals surface area contributed by atoms with Crippen molar-refractivity contribution in [2.75, 3.05) is 0 Å². The Kier molecular flexibility index (Phi) is 4.06. The minimum absolute atomic E-state index is 0.134. The van der Waals surface area contributed by atoms with E-state index in [2.05, 4.69) is 5.92 Å². The molecule has 0 aliphatic carbocycles. The third-order valence-electron chi connectivity index (χ3n) is 0.986. The van der Waals surface area contributed by atoms with Gasteiger partial charge >= 0.3 is 0 Å². The first kappa shape index (κ1) is 8.77. The molecule has 0 amide bonds. The van der Waals surface area contributed by atoms with Crippen molar-refractivity contribution in [2.24, 2.45) is 5.73 Å². The van der Waals surface area contributed by atoms with Gasteiger partial charge in [0.25, 0.3) is 0 Å². The number of terminal acetylenes is 1. The second-order valence-electron chi connectivity index (χ2n) is 1.70. The molecule has 0 aromatic rings. The molecule has 0 saturated heterocycles. The van der Waals surface area contributed by atoms with Crippen molar-refractivity contribution in [1.29, 1.82) is 0 Å². The van der Waals surface area contributed by atoms with E-state index in [1.807, 2.05) is 0 Å². The van der Waals surface area contributed by atoms with E-state index in [1.54, 1.807) is 6.92 Å². The average Bonchev–Trinajstić information content (AvgIpc) is 1.98. The summed E-state index contributed by atoms with van der Waals surface area (Å²) in [6.45, 7) is 1.67. The maximum atomic E-state index is 12.6. The van der Waals surface area contributed by atoms with E-state index in [0.717, 1.165) is 0 Å². The highest BCUT2D eigenvalue weighted by molar-refractivity contribution is 5.22. The van der Waals surface area contributed by atoms with Gasteiger partial charge in [0, 0.05) is 6.42 Å². The van der Waals surface area contributed by atoms with Crippen LogP contribution >= 0.6 is 0 Å². The van der Waals surface area contributed by atoms with Crippen LogP contribution in [0.15, 0.2) is 23.7 Å². The summed E-state index contributed by atoms with van der Waals surface area (Å²) in [6.07, 6.45) is 7.94. The SMILES string of the molecule is C#CC/C=C(F)\C(N)=C/C. The minimum Gasteiger partial charge on any atom is -0.397 e. The van der Waals surface area contributed by atoms with Gasteiger partial charge in [-0.3, -0.25) is 0 Å². The van der Waals surface area contributed by atoms with Gasteiger partial charge < -0.3 is 5.73 Å². The second kappa shape index (κ2) is 4.63. The third kappa shape index (κ3) is 2.93. The first-order chi connectivity index (χ1) is 4.72. The lowest BCUT2D eigenvalue weighted by atomic mass is 10.3. The van der Waals surface area contributed by atoms with Crippen molar-refractivity contribution in [3.05, 3.63) is 23.7 Å². The molecule has 2 heteroatoms. The Morgan fingerprint density at radius 2 is 2.40 bits per heavy atom. The highest BCUT2D eigenvalue weighted by Gasteiger charge is 1.93. The number of rotatable bonds is 2. The third-order valence-corrected chi connectivity index (χ3v) is 0.986. The molecular formula is C8H10FN. The Hall–Kier alpha value is -1.23. The van der Waals surface area contributed by atoms with Gasteiger partial charge in [0.2, 0.25) is 0 Å². The summed E-state index contributed by atoms with van der Waals surface area (Å²) in [5, 5.41) is 0. The number of nitrogens with two attached hydrogens (primary N) is 1. The molecule has 0 fully saturated rings. The van der Waals surface area contributed by atoms with Crippen LogP contribution in [0.3, 0.4) is 0 Å². The highest BCUT2D eigenvalue weighted by atomic mass is 19.1. The molecule has 0 spiro atoms. The van der Waals surface area contributed by atoms with Crippen molar-refractivity contribution in [2.45, 2.75) is 13.3 Å². The van der Waals surface area contributed by atoms with Gasteiger partial charge in [-0.1, -0.05) is 6.08 Å². The minimum atomic E-state index is -0.444. The Morgan fingerprint density at radius 3 is 2.80 bits per heavy atom. The monoisotopic (exact) mass is 139 g/mol. The highest BCUT2D eigenvalue weighted by Crippen LogP contribution is 2.05. The summed E-state index contributed by atoms with van der Waals surface area (Å²) < 4.78 is 12.6. The zero-order valence-corrected chi connectivity index (χ0v) is 5.89. The topological polar surface area (TPSA) is 26.0 Å². The number of halogens is 1. The fraction of sp³-hybridized carbons (Fsp3) is 0.250. The standard InChI is InChI=1S/C8H10FN/c1-3-5-6-7(9)8(10)4-2/h1,4,6H,5,10H2,2H3/b7-6+,8-4+. The number of hydrogen-bond donors (Lipinski definition) is 1. The lowest BCUT2D eigenvalue weighted by Crippen LogP contribution is -1.96. The van der Waals surface area contributed by atoms with Gasteiger partial charge in [-0.15, -0.1) is 12.3 Å². The molecule has 0 aromatic heterocycles. The van der Waals surface area contributed by atoms with Gasteiger partial charge in [0.05, 0.1) is 5.70 Å². The van der Waals surface area contributed by atoms with Gasteiger partial charge in [0.1, 0.15) is 5.83 Å². The Labute approximate surface area is 60.4 Å². The van der Waals surface area contributed by atoms with Gasteiger partial charge in [-0.25, -0.2) is 4.39 Å². The first-order valence-electron chi connectivity index (χ1n) is 2.93. The fourth-order valence-corrected chi connectivity index (χ4v) is 0.404. The van der Waals surface area contributed by atoms with Crippen molar-refractivity contribution >= 4 is 0 Å². The summed E-state index contributed by atoms with van der Waals surface area (Å²) in [5.74, 6) is 1.83. The average molecular weight is 139 g/mol. The molecule has 0 aromatic carbocycles. The largest absolute Gasteiger partial charge is 0.397 e. The van der Waals surface area contributed by atoms with E-state index in [-0.39, 0.29) is 12.1 Å². The molecule has 0 aliphatic rings. The second-order valence-corrected chi connectivity index (χ2v) is 1.70. The fourth-order valence-electron chi connectivity index (χ4n) is 0.404. The van der Waals surface area contributed by atoms with Crippen LogP contribution in [0.5, 0.6) is 0 Å². The predicted molar refractivity (Wildman–Crippen MR) is 40.6 cm³/mol. The maximum absolute atomic E-state index is 12.6. The van der Waals surface area contributed by atoms with Gasteiger partial charge in [0.15, 0.2) is 0 Å². The molecule has 0 bridgehead atoms. The molecule has 0 saturated carbocycles. The molecule has 0 atom stereocenters. The molecule has 0 aliphatic heterocycles. The van der Waals surface area contributed by atoms with Crippen LogP contribution in [0.25, 0.3) is 0 Å². The van der Waals surface area contributed by atoms with Crippen molar-refractivity contribution in [1.82, 2.24) is 0 Å². The molecule has 0 heterocycles. The summed E-state index contributed by atoms with van der Waals surface area (Å²) in [7, 11) is 0. The van der Waals surface area contributed by atoms with E-state index in [1.165, 1.54) is 12.2 Å². The summed E-state index contributed by atoms with van der Waals surface area (Å²) in [5.41, 5.74) is 5.34. The van der Waals surface area contributed by atoms with Crippen LogP contribution < -0.4 is 5.73 Å². The Bertz CT molecular complexity index is 196. The van der Waals surface area contributed by atoms with Crippen LogP contribution in [0.2, 0.25) is 0 Å². The Balaban J connectivity index is 4.09. The van der Waals surface area contributed by atoms with E-state index in [9.17, 15) is 4.39 Å². The molecule has 0 rings (SSSR count). The molecular weight excluding hydrogens is 129 g/mol. The molecule has 0 radical (unpaired) electrons. The zero-order valence-electron chi connectivity index (χ0n) is 5.89. The van der Waals surface area contributed by atoms with Crippen LogP contribution in [0.4, 0.5) is 4.39 Å². The van der Waals surface area contributed by atoms with E-state index < -0.39 is 5.83 Å². The normalized spacial score (nSPS) is 12.9. The maximum Gasteiger partial charge on any atom is 0.142 e. The van der Waals surface area contributed by atoms with Crippen LogP contribution in [-0.4, -0.2) is 0 Å². The molecule has 1 nitrogen and oxygen atoms in total. The van der Waals surface area contributed by atoms with Crippen LogP contribution in [0, 0.1) is 12.3 Å². The molecule has 0 unspecified atom stereocenters. The van der Waals surface area contributed by atoms with Crippen LogP contribution in [0.1, 0.15) is 13.3 Å². The van der Waals surface area contributed by atoms with Crippen molar-refractivity contribution in [3.8, 4) is 12.3 Å². The molecule has 2 N–H and O–H groups in total. The van der Waals surface area contributed by atoms with Crippen LogP contribution in [-0.2, 0) is 0 Å². The summed E-state index contributed by atoms with van der Waals surface area (Å²) >= 11 is 0. The van der Waals surface area contributed by atoms with Gasteiger partial charge in [-0.05, 0) is 13.0 Å².